The third-order valence-electron chi connectivity index (χ3n) is 2.60. The van der Waals surface area contributed by atoms with Crippen LogP contribution in [0.4, 0.5) is 5.95 Å². The standard InChI is InChI=1S/C9H15BrN4O/c10-8-12-9(11)13-14(8)5-6-15-7-3-1-2-4-7/h7H,1-6H2,(H2,11,13). The number of hydrogen-bond acceptors (Lipinski definition) is 4. The van der Waals surface area contributed by atoms with E-state index in [0.717, 1.165) is 0 Å². The average Bonchev–Trinajstić information content (AvgIpc) is 2.77. The zero-order valence-electron chi connectivity index (χ0n) is 8.53. The fourth-order valence-electron chi connectivity index (χ4n) is 1.84. The van der Waals surface area contributed by atoms with E-state index in [1.54, 1.807) is 4.68 Å². The number of hydrogen-bond donors (Lipinski definition) is 1. The molecule has 1 fully saturated rings. The number of nitrogen functional groups attached to an aromatic ring is 1. The number of nitrogens with zero attached hydrogens (tertiary/aromatic N) is 3. The van der Waals surface area contributed by atoms with Crippen LogP contribution in [0.1, 0.15) is 25.7 Å². The van der Waals surface area contributed by atoms with E-state index in [1.165, 1.54) is 25.7 Å². The van der Waals surface area contributed by atoms with Gasteiger partial charge in [-0.1, -0.05) is 12.8 Å². The molecule has 1 aromatic rings. The highest BCUT2D eigenvalue weighted by molar-refractivity contribution is 9.10. The first-order valence-electron chi connectivity index (χ1n) is 5.23. The molecule has 0 atom stereocenters. The Balaban J connectivity index is 1.75. The lowest BCUT2D eigenvalue weighted by atomic mass is 10.3. The molecular weight excluding hydrogens is 260 g/mol. The molecule has 6 heteroatoms. The lowest BCUT2D eigenvalue weighted by molar-refractivity contribution is 0.0511. The van der Waals surface area contributed by atoms with Gasteiger partial charge in [-0.2, -0.15) is 4.98 Å². The minimum absolute atomic E-state index is 0.294. The smallest absolute Gasteiger partial charge is 0.240 e. The van der Waals surface area contributed by atoms with Crippen molar-refractivity contribution >= 4 is 21.9 Å². The molecule has 1 heterocycles. The molecule has 1 saturated carbocycles. The molecule has 0 unspecified atom stereocenters. The van der Waals surface area contributed by atoms with Crippen LogP contribution < -0.4 is 5.73 Å². The van der Waals surface area contributed by atoms with Gasteiger partial charge in [0.25, 0.3) is 0 Å². The van der Waals surface area contributed by atoms with E-state index in [-0.39, 0.29) is 0 Å². The lowest BCUT2D eigenvalue weighted by Crippen LogP contribution is -2.14. The normalized spacial score (nSPS) is 17.4. The molecule has 15 heavy (non-hydrogen) atoms. The maximum Gasteiger partial charge on any atom is 0.240 e. The van der Waals surface area contributed by atoms with Gasteiger partial charge >= 0.3 is 0 Å². The van der Waals surface area contributed by atoms with Crippen molar-refractivity contribution in [2.45, 2.75) is 38.3 Å². The minimum Gasteiger partial charge on any atom is -0.376 e. The quantitative estimate of drug-likeness (QED) is 0.906. The number of aromatic nitrogens is 3. The van der Waals surface area contributed by atoms with E-state index < -0.39 is 0 Å². The summed E-state index contributed by atoms with van der Waals surface area (Å²) in [4.78, 5) is 3.95. The van der Waals surface area contributed by atoms with Crippen molar-refractivity contribution in [2.24, 2.45) is 0 Å². The van der Waals surface area contributed by atoms with Crippen LogP contribution in [0.15, 0.2) is 4.73 Å². The molecule has 0 aliphatic heterocycles. The number of rotatable bonds is 4. The molecule has 0 saturated heterocycles. The van der Waals surface area contributed by atoms with Crippen LogP contribution in [0.2, 0.25) is 0 Å². The van der Waals surface area contributed by atoms with E-state index in [2.05, 4.69) is 26.0 Å². The second-order valence-electron chi connectivity index (χ2n) is 3.74. The predicted octanol–water partition coefficient (Wildman–Crippen LogP) is 1.58. The summed E-state index contributed by atoms with van der Waals surface area (Å²) in [7, 11) is 0. The van der Waals surface area contributed by atoms with Crippen LogP contribution in [0.25, 0.3) is 0 Å². The zero-order chi connectivity index (χ0) is 10.7. The van der Waals surface area contributed by atoms with Crippen molar-refractivity contribution in [3.8, 4) is 0 Å². The van der Waals surface area contributed by atoms with Crippen LogP contribution in [0, 0.1) is 0 Å². The summed E-state index contributed by atoms with van der Waals surface area (Å²) in [6.45, 7) is 1.37. The van der Waals surface area contributed by atoms with E-state index in [1.807, 2.05) is 0 Å². The molecule has 2 rings (SSSR count). The molecule has 0 amide bonds. The van der Waals surface area contributed by atoms with Crippen molar-refractivity contribution in [3.05, 3.63) is 4.73 Å². The van der Waals surface area contributed by atoms with Gasteiger partial charge in [0.1, 0.15) is 0 Å². The first-order valence-corrected chi connectivity index (χ1v) is 6.02. The van der Waals surface area contributed by atoms with Crippen molar-refractivity contribution in [3.63, 3.8) is 0 Å². The van der Waals surface area contributed by atoms with E-state index in [0.29, 0.717) is 29.9 Å². The summed E-state index contributed by atoms with van der Waals surface area (Å²) in [5.41, 5.74) is 5.46. The molecule has 5 nitrogen and oxygen atoms in total. The summed E-state index contributed by atoms with van der Waals surface area (Å²) in [6.07, 6.45) is 5.43. The van der Waals surface area contributed by atoms with Gasteiger partial charge in [-0.3, -0.25) is 0 Å². The third-order valence-corrected chi connectivity index (χ3v) is 3.19. The SMILES string of the molecule is Nc1nc(Br)n(CCOC2CCCC2)n1. The summed E-state index contributed by atoms with van der Waals surface area (Å²) in [5, 5.41) is 4.03. The molecule has 1 aliphatic carbocycles. The number of ether oxygens (including phenoxy) is 1. The molecule has 84 valence electrons. The highest BCUT2D eigenvalue weighted by Crippen LogP contribution is 2.20. The van der Waals surface area contributed by atoms with Gasteiger partial charge in [0.05, 0.1) is 19.3 Å². The Kier molecular flexibility index (Phi) is 3.58. The highest BCUT2D eigenvalue weighted by atomic mass is 79.9. The number of halogens is 1. The summed E-state index contributed by atoms with van der Waals surface area (Å²) in [5.74, 6) is 0.294. The monoisotopic (exact) mass is 274 g/mol. The molecule has 0 bridgehead atoms. The van der Waals surface area contributed by atoms with E-state index in [4.69, 9.17) is 10.5 Å². The van der Waals surface area contributed by atoms with Gasteiger partial charge in [0.2, 0.25) is 5.95 Å². The molecule has 0 radical (unpaired) electrons. The Hall–Kier alpha value is -0.620. The van der Waals surface area contributed by atoms with Gasteiger partial charge in [0.15, 0.2) is 4.73 Å². The highest BCUT2D eigenvalue weighted by Gasteiger charge is 2.15. The van der Waals surface area contributed by atoms with Gasteiger partial charge in [0, 0.05) is 0 Å². The first kappa shape index (κ1) is 10.9. The molecule has 1 aliphatic rings. The van der Waals surface area contributed by atoms with Crippen LogP contribution in [0.3, 0.4) is 0 Å². The Labute approximate surface area is 97.1 Å². The fourth-order valence-corrected chi connectivity index (χ4v) is 2.28. The third kappa shape index (κ3) is 2.92. The van der Waals surface area contributed by atoms with Gasteiger partial charge in [-0.05, 0) is 28.8 Å². The van der Waals surface area contributed by atoms with E-state index >= 15 is 0 Å². The molecule has 1 aromatic heterocycles. The Morgan fingerprint density at radius 1 is 1.47 bits per heavy atom. The summed E-state index contributed by atoms with van der Waals surface area (Å²) in [6, 6.07) is 0. The summed E-state index contributed by atoms with van der Waals surface area (Å²) < 4.78 is 8.10. The van der Waals surface area contributed by atoms with Crippen molar-refractivity contribution in [1.82, 2.24) is 14.8 Å². The van der Waals surface area contributed by atoms with Gasteiger partial charge < -0.3 is 10.5 Å². The van der Waals surface area contributed by atoms with Crippen molar-refractivity contribution in [2.75, 3.05) is 12.3 Å². The van der Waals surface area contributed by atoms with Gasteiger partial charge in [-0.15, -0.1) is 5.10 Å². The van der Waals surface area contributed by atoms with Crippen LogP contribution in [-0.4, -0.2) is 27.5 Å². The number of anilines is 1. The van der Waals surface area contributed by atoms with E-state index in [9.17, 15) is 0 Å². The van der Waals surface area contributed by atoms with Crippen LogP contribution in [-0.2, 0) is 11.3 Å². The van der Waals surface area contributed by atoms with Crippen molar-refractivity contribution < 1.29 is 4.74 Å². The van der Waals surface area contributed by atoms with Crippen molar-refractivity contribution in [1.29, 1.82) is 0 Å². The maximum atomic E-state index is 5.72. The minimum atomic E-state index is 0.294. The Morgan fingerprint density at radius 3 is 2.80 bits per heavy atom. The molecule has 0 spiro atoms. The molecular formula is C9H15BrN4O. The second kappa shape index (κ2) is 4.94. The molecule has 0 aromatic carbocycles. The zero-order valence-corrected chi connectivity index (χ0v) is 10.1. The Bertz CT molecular complexity index is 322. The number of nitrogens with two attached hydrogens (primary N) is 1. The van der Waals surface area contributed by atoms with Gasteiger partial charge in [-0.25, -0.2) is 4.68 Å². The second-order valence-corrected chi connectivity index (χ2v) is 4.45. The maximum absolute atomic E-state index is 5.72. The molecule has 2 N–H and O–H groups in total. The predicted molar refractivity (Wildman–Crippen MR) is 60.3 cm³/mol. The Morgan fingerprint density at radius 2 is 2.20 bits per heavy atom. The topological polar surface area (TPSA) is 66.0 Å². The largest absolute Gasteiger partial charge is 0.376 e. The first-order chi connectivity index (χ1) is 7.25. The average molecular weight is 275 g/mol. The summed E-state index contributed by atoms with van der Waals surface area (Å²) >= 11 is 3.28. The van der Waals surface area contributed by atoms with Crippen LogP contribution >= 0.6 is 15.9 Å². The lowest BCUT2D eigenvalue weighted by Gasteiger charge is -2.10. The fraction of sp³-hybridized carbons (Fsp3) is 0.778. The van der Waals surface area contributed by atoms with Crippen LogP contribution in [0.5, 0.6) is 0 Å².